The molecular weight excluding hydrogens is 332 g/mol. The minimum Gasteiger partial charge on any atom is -0.454 e. The minimum atomic E-state index is 0.237. The van der Waals surface area contributed by atoms with Crippen LogP contribution >= 0.6 is 28.1 Å². The normalized spacial score (nSPS) is 13.4. The van der Waals surface area contributed by atoms with Crippen molar-refractivity contribution in [2.75, 3.05) is 6.79 Å². The summed E-state index contributed by atoms with van der Waals surface area (Å²) in [6.45, 7) is 2.06. The number of benzene rings is 1. The van der Waals surface area contributed by atoms with Crippen LogP contribution in [0.5, 0.6) is 11.5 Å². The summed E-state index contributed by atoms with van der Waals surface area (Å²) in [5, 5.41) is 10.9. The Morgan fingerprint density at radius 1 is 1.53 bits per heavy atom. The second kappa shape index (κ2) is 4.78. The maximum absolute atomic E-state index is 5.34. The number of nitrogens with zero attached hydrogens (tertiary/aromatic N) is 3. The molecule has 1 aliphatic heterocycles. The third-order valence-electron chi connectivity index (χ3n) is 2.58. The molecule has 0 bridgehead atoms. The summed E-state index contributed by atoms with van der Waals surface area (Å²) in [5.41, 5.74) is 0.874. The number of hydrogen-bond acceptors (Lipinski definition) is 5. The van der Waals surface area contributed by atoms with E-state index in [-0.39, 0.29) is 6.79 Å². The molecule has 0 unspecified atom stereocenters. The van der Waals surface area contributed by atoms with Crippen LogP contribution in [-0.2, 0) is 0 Å². The van der Waals surface area contributed by atoms with Crippen LogP contribution in [0.15, 0.2) is 21.7 Å². The van der Waals surface area contributed by atoms with Gasteiger partial charge in [0.2, 0.25) is 11.6 Å². The summed E-state index contributed by atoms with van der Waals surface area (Å²) >= 11 is 8.50. The number of aromatic amines is 1. The third kappa shape index (κ3) is 2.28. The van der Waals surface area contributed by atoms with Crippen LogP contribution in [0.25, 0.3) is 0 Å². The van der Waals surface area contributed by atoms with E-state index < -0.39 is 0 Å². The Bertz CT molecular complexity index is 722. The lowest BCUT2D eigenvalue weighted by Gasteiger charge is -2.01. The molecule has 1 aromatic carbocycles. The predicted molar refractivity (Wildman–Crippen MR) is 75.4 cm³/mol. The Morgan fingerprint density at radius 2 is 2.37 bits per heavy atom. The highest BCUT2D eigenvalue weighted by atomic mass is 79.9. The second-order valence-electron chi connectivity index (χ2n) is 3.87. The Hall–Kier alpha value is -1.67. The lowest BCUT2D eigenvalue weighted by molar-refractivity contribution is 0.173. The van der Waals surface area contributed by atoms with Crippen molar-refractivity contribution in [1.82, 2.24) is 14.9 Å². The molecule has 2 aromatic rings. The van der Waals surface area contributed by atoms with Crippen molar-refractivity contribution >= 4 is 34.4 Å². The van der Waals surface area contributed by atoms with E-state index >= 15 is 0 Å². The molecule has 2 heterocycles. The van der Waals surface area contributed by atoms with E-state index in [9.17, 15) is 0 Å². The molecule has 1 N–H and O–H groups in total. The number of H-pyrrole nitrogens is 1. The standard InChI is InChI=1S/C11H9BrN4O2S/c1-6-14-15-11(19)16(6)13-4-7-2-8(12)10-9(3-7)17-5-18-10/h2-4H,5H2,1H3,(H,15,19)/b13-4-. The number of nitrogens with one attached hydrogen (secondary N) is 1. The zero-order valence-corrected chi connectivity index (χ0v) is 12.3. The SMILES string of the molecule is Cc1n[nH]c(=S)n1/N=C\c1cc(Br)c2c(c1)OCO2. The molecule has 0 radical (unpaired) electrons. The topological polar surface area (TPSA) is 64.4 Å². The van der Waals surface area contributed by atoms with Gasteiger partial charge in [0, 0.05) is 0 Å². The van der Waals surface area contributed by atoms with Crippen LogP contribution in [0.4, 0.5) is 0 Å². The van der Waals surface area contributed by atoms with Gasteiger partial charge in [0.25, 0.3) is 0 Å². The van der Waals surface area contributed by atoms with E-state index in [1.54, 1.807) is 10.9 Å². The maximum atomic E-state index is 5.34. The van der Waals surface area contributed by atoms with Crippen molar-refractivity contribution < 1.29 is 9.47 Å². The monoisotopic (exact) mass is 340 g/mol. The fourth-order valence-corrected chi connectivity index (χ4v) is 2.49. The van der Waals surface area contributed by atoms with Crippen molar-refractivity contribution in [2.45, 2.75) is 6.92 Å². The number of ether oxygens (including phenoxy) is 2. The first-order valence-corrected chi connectivity index (χ1v) is 6.63. The average Bonchev–Trinajstić information content (AvgIpc) is 2.96. The van der Waals surface area contributed by atoms with Crippen molar-refractivity contribution in [3.8, 4) is 11.5 Å². The summed E-state index contributed by atoms with van der Waals surface area (Å²) in [4.78, 5) is 0. The van der Waals surface area contributed by atoms with Gasteiger partial charge < -0.3 is 9.47 Å². The molecule has 1 aromatic heterocycles. The third-order valence-corrected chi connectivity index (χ3v) is 3.44. The van der Waals surface area contributed by atoms with Gasteiger partial charge in [-0.05, 0) is 52.8 Å². The number of aromatic nitrogens is 3. The maximum Gasteiger partial charge on any atom is 0.231 e. The van der Waals surface area contributed by atoms with E-state index in [1.165, 1.54) is 0 Å². The molecule has 0 amide bonds. The summed E-state index contributed by atoms with van der Waals surface area (Å²) in [5.74, 6) is 2.11. The number of halogens is 1. The number of hydrogen-bond donors (Lipinski definition) is 1. The van der Waals surface area contributed by atoms with E-state index in [2.05, 4.69) is 31.2 Å². The molecule has 1 aliphatic rings. The molecular formula is C11H9BrN4O2S. The van der Waals surface area contributed by atoms with Gasteiger partial charge in [-0.15, -0.1) is 0 Å². The summed E-state index contributed by atoms with van der Waals surface area (Å²) in [6.07, 6.45) is 1.69. The van der Waals surface area contributed by atoms with Gasteiger partial charge in [0.1, 0.15) is 5.82 Å². The molecule has 0 saturated carbocycles. The summed E-state index contributed by atoms with van der Waals surface area (Å²) in [6, 6.07) is 3.76. The van der Waals surface area contributed by atoms with E-state index in [1.807, 2.05) is 19.1 Å². The van der Waals surface area contributed by atoms with Gasteiger partial charge in [-0.3, -0.25) is 5.10 Å². The quantitative estimate of drug-likeness (QED) is 0.674. The number of rotatable bonds is 2. The Labute approximate surface area is 122 Å². The molecule has 8 heteroatoms. The van der Waals surface area contributed by atoms with Gasteiger partial charge in [0.05, 0.1) is 10.7 Å². The van der Waals surface area contributed by atoms with E-state index in [0.29, 0.717) is 22.1 Å². The minimum absolute atomic E-state index is 0.237. The number of fused-ring (bicyclic) bond motifs is 1. The van der Waals surface area contributed by atoms with Gasteiger partial charge >= 0.3 is 0 Å². The van der Waals surface area contributed by atoms with Crippen LogP contribution in [0.1, 0.15) is 11.4 Å². The molecule has 0 aliphatic carbocycles. The largest absolute Gasteiger partial charge is 0.454 e. The van der Waals surface area contributed by atoms with Gasteiger partial charge in [-0.1, -0.05) is 0 Å². The first-order chi connectivity index (χ1) is 9.15. The fourth-order valence-electron chi connectivity index (χ4n) is 1.69. The zero-order valence-electron chi connectivity index (χ0n) is 9.88. The van der Waals surface area contributed by atoms with E-state index in [4.69, 9.17) is 21.7 Å². The highest BCUT2D eigenvalue weighted by Crippen LogP contribution is 2.39. The highest BCUT2D eigenvalue weighted by molar-refractivity contribution is 9.10. The Kier molecular flexibility index (Phi) is 3.11. The first-order valence-electron chi connectivity index (χ1n) is 5.42. The zero-order chi connectivity index (χ0) is 13.4. The van der Waals surface area contributed by atoms with Gasteiger partial charge in [-0.2, -0.15) is 14.9 Å². The lowest BCUT2D eigenvalue weighted by atomic mass is 10.2. The van der Waals surface area contributed by atoms with Crippen molar-refractivity contribution in [1.29, 1.82) is 0 Å². The van der Waals surface area contributed by atoms with Crippen molar-refractivity contribution in [3.05, 3.63) is 32.8 Å². The molecule has 0 fully saturated rings. The predicted octanol–water partition coefficient (Wildman–Crippen LogP) is 2.62. The molecule has 19 heavy (non-hydrogen) atoms. The second-order valence-corrected chi connectivity index (χ2v) is 5.11. The van der Waals surface area contributed by atoms with Crippen LogP contribution < -0.4 is 9.47 Å². The van der Waals surface area contributed by atoms with E-state index in [0.717, 1.165) is 10.0 Å². The van der Waals surface area contributed by atoms with Crippen LogP contribution in [0.3, 0.4) is 0 Å². The first kappa shape index (κ1) is 12.4. The van der Waals surface area contributed by atoms with Crippen molar-refractivity contribution in [2.24, 2.45) is 5.10 Å². The van der Waals surface area contributed by atoms with Crippen LogP contribution in [0.2, 0.25) is 0 Å². The van der Waals surface area contributed by atoms with Gasteiger partial charge in [-0.25, -0.2) is 0 Å². The molecule has 0 atom stereocenters. The molecule has 0 saturated heterocycles. The van der Waals surface area contributed by atoms with Crippen LogP contribution in [0, 0.1) is 11.7 Å². The Balaban J connectivity index is 1.96. The van der Waals surface area contributed by atoms with Crippen molar-refractivity contribution in [3.63, 3.8) is 0 Å². The average molecular weight is 341 g/mol. The summed E-state index contributed by atoms with van der Waals surface area (Å²) < 4.78 is 13.5. The number of aryl methyl sites for hydroxylation is 1. The summed E-state index contributed by atoms with van der Waals surface area (Å²) in [7, 11) is 0. The molecule has 98 valence electrons. The van der Waals surface area contributed by atoms with Gasteiger partial charge in [0.15, 0.2) is 11.5 Å². The lowest BCUT2D eigenvalue weighted by Crippen LogP contribution is -1.94. The molecule has 3 rings (SSSR count). The highest BCUT2D eigenvalue weighted by Gasteiger charge is 2.17. The molecule has 6 nitrogen and oxygen atoms in total. The molecule has 0 spiro atoms. The Morgan fingerprint density at radius 3 is 3.11 bits per heavy atom. The fraction of sp³-hybridized carbons (Fsp3) is 0.182. The van der Waals surface area contributed by atoms with Crippen LogP contribution in [-0.4, -0.2) is 27.9 Å². The smallest absolute Gasteiger partial charge is 0.231 e.